The van der Waals surface area contributed by atoms with Crippen LogP contribution in [0.15, 0.2) is 53.4 Å². The van der Waals surface area contributed by atoms with Gasteiger partial charge in [0.05, 0.1) is 11.4 Å². The van der Waals surface area contributed by atoms with Gasteiger partial charge in [0, 0.05) is 30.0 Å². The Morgan fingerprint density at radius 1 is 1.10 bits per heavy atom. The minimum Gasteiger partial charge on any atom is -0.341 e. The molecule has 2 aliphatic rings. The van der Waals surface area contributed by atoms with Crippen molar-refractivity contribution in [3.8, 4) is 0 Å². The highest BCUT2D eigenvalue weighted by molar-refractivity contribution is 8.00. The van der Waals surface area contributed by atoms with Crippen molar-refractivity contribution in [2.75, 3.05) is 24.2 Å². The highest BCUT2D eigenvalue weighted by Gasteiger charge is 2.28. The van der Waals surface area contributed by atoms with E-state index in [9.17, 15) is 14.4 Å². The number of carbonyl (C=O) groups excluding carboxylic acids is 3. The molecule has 2 heterocycles. The molecule has 0 spiro atoms. The minimum absolute atomic E-state index is 0.0403. The van der Waals surface area contributed by atoms with E-state index >= 15 is 0 Å². The predicted octanol–water partition coefficient (Wildman–Crippen LogP) is 2.69. The van der Waals surface area contributed by atoms with Gasteiger partial charge < -0.3 is 15.5 Å². The average molecular weight is 410 g/mol. The molecule has 150 valence electrons. The van der Waals surface area contributed by atoms with Crippen LogP contribution in [0.3, 0.4) is 0 Å². The van der Waals surface area contributed by atoms with Crippen LogP contribution in [-0.4, -0.2) is 47.5 Å². The lowest BCUT2D eigenvalue weighted by Crippen LogP contribution is -2.49. The van der Waals surface area contributed by atoms with E-state index in [0.29, 0.717) is 23.4 Å². The van der Waals surface area contributed by atoms with E-state index in [-0.39, 0.29) is 17.7 Å². The molecule has 4 rings (SSSR count). The van der Waals surface area contributed by atoms with Crippen LogP contribution in [-0.2, 0) is 16.0 Å². The molecule has 2 aliphatic heterocycles. The summed E-state index contributed by atoms with van der Waals surface area (Å²) < 4.78 is 0. The number of anilines is 1. The van der Waals surface area contributed by atoms with Gasteiger partial charge in [-0.2, -0.15) is 0 Å². The van der Waals surface area contributed by atoms with Crippen LogP contribution in [0, 0.1) is 0 Å². The maximum Gasteiger partial charge on any atom is 0.252 e. The number of carbonyl (C=O) groups is 3. The number of rotatable bonds is 5. The number of amides is 3. The van der Waals surface area contributed by atoms with Crippen LogP contribution < -0.4 is 10.6 Å². The van der Waals surface area contributed by atoms with Gasteiger partial charge in [0.1, 0.15) is 6.04 Å². The van der Waals surface area contributed by atoms with Crippen LogP contribution in [0.5, 0.6) is 0 Å². The zero-order valence-electron chi connectivity index (χ0n) is 16.0. The Hall–Kier alpha value is -2.80. The molecule has 1 unspecified atom stereocenters. The van der Waals surface area contributed by atoms with Gasteiger partial charge in [-0.25, -0.2) is 0 Å². The third kappa shape index (κ3) is 4.62. The van der Waals surface area contributed by atoms with E-state index in [4.69, 9.17) is 0 Å². The maximum atomic E-state index is 13.0. The Bertz CT molecular complexity index is 926. The second kappa shape index (κ2) is 8.69. The Kier molecular flexibility index (Phi) is 5.85. The Morgan fingerprint density at radius 2 is 1.86 bits per heavy atom. The number of likely N-dealkylation sites (tertiary alicyclic amines) is 1. The highest BCUT2D eigenvalue weighted by atomic mass is 32.2. The molecule has 0 bridgehead atoms. The second-order valence-electron chi connectivity index (χ2n) is 7.30. The normalized spacial score (nSPS) is 16.7. The average Bonchev–Trinajstić information content (AvgIpc) is 3.28. The highest BCUT2D eigenvalue weighted by Crippen LogP contribution is 2.32. The SMILES string of the molecule is O=C1CSc2ccc(C(=O)NC(Cc3ccccc3)C(=O)N3CCCC3)cc2N1. The first-order valence-corrected chi connectivity index (χ1v) is 10.8. The van der Waals surface area contributed by atoms with Gasteiger partial charge in [0.25, 0.3) is 5.91 Å². The summed E-state index contributed by atoms with van der Waals surface area (Å²) in [6, 6.07) is 14.3. The molecule has 0 saturated carbocycles. The van der Waals surface area contributed by atoms with E-state index in [1.807, 2.05) is 41.3 Å². The molecular weight excluding hydrogens is 386 g/mol. The fourth-order valence-corrected chi connectivity index (χ4v) is 4.46. The number of hydrogen-bond acceptors (Lipinski definition) is 4. The maximum absolute atomic E-state index is 13.0. The number of nitrogens with one attached hydrogen (secondary N) is 2. The van der Waals surface area contributed by atoms with Gasteiger partial charge in [-0.3, -0.25) is 14.4 Å². The first-order valence-electron chi connectivity index (χ1n) is 9.80. The quantitative estimate of drug-likeness (QED) is 0.796. The van der Waals surface area contributed by atoms with Crippen LogP contribution in [0.4, 0.5) is 5.69 Å². The molecule has 1 atom stereocenters. The van der Waals surface area contributed by atoms with Crippen molar-refractivity contribution in [1.29, 1.82) is 0 Å². The largest absolute Gasteiger partial charge is 0.341 e. The number of hydrogen-bond donors (Lipinski definition) is 2. The van der Waals surface area contributed by atoms with Crippen LogP contribution in [0.1, 0.15) is 28.8 Å². The zero-order chi connectivity index (χ0) is 20.2. The van der Waals surface area contributed by atoms with Crippen molar-refractivity contribution in [2.45, 2.75) is 30.2 Å². The van der Waals surface area contributed by atoms with E-state index in [2.05, 4.69) is 10.6 Å². The summed E-state index contributed by atoms with van der Waals surface area (Å²) in [6.07, 6.45) is 2.44. The van der Waals surface area contributed by atoms with E-state index < -0.39 is 6.04 Å². The summed E-state index contributed by atoms with van der Waals surface area (Å²) in [6.45, 7) is 1.48. The molecule has 0 radical (unpaired) electrons. The lowest BCUT2D eigenvalue weighted by Gasteiger charge is -2.24. The van der Waals surface area contributed by atoms with Gasteiger partial charge in [-0.05, 0) is 36.6 Å². The summed E-state index contributed by atoms with van der Waals surface area (Å²) >= 11 is 1.45. The lowest BCUT2D eigenvalue weighted by molar-refractivity contribution is -0.132. The predicted molar refractivity (Wildman–Crippen MR) is 113 cm³/mol. The fraction of sp³-hybridized carbons (Fsp3) is 0.318. The van der Waals surface area contributed by atoms with Gasteiger partial charge in [-0.1, -0.05) is 30.3 Å². The summed E-state index contributed by atoms with van der Waals surface area (Å²) in [4.78, 5) is 40.4. The van der Waals surface area contributed by atoms with Gasteiger partial charge in [0.15, 0.2) is 0 Å². The van der Waals surface area contributed by atoms with Crippen LogP contribution >= 0.6 is 11.8 Å². The van der Waals surface area contributed by atoms with Crippen molar-refractivity contribution < 1.29 is 14.4 Å². The molecule has 2 N–H and O–H groups in total. The van der Waals surface area contributed by atoms with E-state index in [1.165, 1.54) is 11.8 Å². The topological polar surface area (TPSA) is 78.5 Å². The summed E-state index contributed by atoms with van der Waals surface area (Å²) in [5.74, 6) is -0.0546. The number of fused-ring (bicyclic) bond motifs is 1. The third-order valence-corrected chi connectivity index (χ3v) is 6.25. The lowest BCUT2D eigenvalue weighted by atomic mass is 10.0. The molecule has 3 amide bonds. The molecule has 1 fully saturated rings. The first-order chi connectivity index (χ1) is 14.1. The molecule has 7 heteroatoms. The number of benzene rings is 2. The summed E-state index contributed by atoms with van der Waals surface area (Å²) in [7, 11) is 0. The summed E-state index contributed by atoms with van der Waals surface area (Å²) in [5, 5.41) is 5.73. The fourth-order valence-electron chi connectivity index (χ4n) is 3.67. The molecule has 1 saturated heterocycles. The second-order valence-corrected chi connectivity index (χ2v) is 8.31. The molecule has 29 heavy (non-hydrogen) atoms. The third-order valence-electron chi connectivity index (χ3n) is 5.18. The molecule has 0 aromatic heterocycles. The molecule has 2 aromatic carbocycles. The number of nitrogens with zero attached hydrogens (tertiary/aromatic N) is 1. The molecule has 6 nitrogen and oxygen atoms in total. The molecule has 2 aromatic rings. The standard InChI is InChI=1S/C22H23N3O3S/c26-20-14-29-19-9-8-16(13-17(19)23-20)21(27)24-18(12-15-6-2-1-3-7-15)22(28)25-10-4-5-11-25/h1-3,6-9,13,18H,4-5,10-12,14H2,(H,23,26)(H,24,27). The Morgan fingerprint density at radius 3 is 2.62 bits per heavy atom. The van der Waals surface area contributed by atoms with Gasteiger partial charge >= 0.3 is 0 Å². The molecular formula is C22H23N3O3S. The van der Waals surface area contributed by atoms with E-state index in [1.54, 1.807) is 12.1 Å². The molecule has 0 aliphatic carbocycles. The Balaban J connectivity index is 1.53. The van der Waals surface area contributed by atoms with Crippen LogP contribution in [0.2, 0.25) is 0 Å². The smallest absolute Gasteiger partial charge is 0.252 e. The van der Waals surface area contributed by atoms with Crippen molar-refractivity contribution >= 4 is 35.2 Å². The van der Waals surface area contributed by atoms with Crippen molar-refractivity contribution in [3.05, 3.63) is 59.7 Å². The van der Waals surface area contributed by atoms with Gasteiger partial charge in [0.2, 0.25) is 11.8 Å². The summed E-state index contributed by atoms with van der Waals surface area (Å²) in [5.41, 5.74) is 2.07. The first kappa shape index (κ1) is 19.5. The number of thioether (sulfide) groups is 1. The van der Waals surface area contributed by atoms with E-state index in [0.717, 1.165) is 36.4 Å². The monoisotopic (exact) mass is 409 g/mol. The van der Waals surface area contributed by atoms with Gasteiger partial charge in [-0.15, -0.1) is 11.8 Å². The minimum atomic E-state index is -0.622. The van der Waals surface area contributed by atoms with Crippen molar-refractivity contribution in [1.82, 2.24) is 10.2 Å². The van der Waals surface area contributed by atoms with Crippen molar-refractivity contribution in [2.24, 2.45) is 0 Å². The van der Waals surface area contributed by atoms with Crippen LogP contribution in [0.25, 0.3) is 0 Å². The van der Waals surface area contributed by atoms with Crippen molar-refractivity contribution in [3.63, 3.8) is 0 Å². The Labute approximate surface area is 174 Å². The zero-order valence-corrected chi connectivity index (χ0v) is 16.8.